The third-order valence-corrected chi connectivity index (χ3v) is 5.69. The number of carbonyl (C=O) groups is 1. The lowest BCUT2D eigenvalue weighted by Crippen LogP contribution is -2.35. The van der Waals surface area contributed by atoms with Gasteiger partial charge in [0.2, 0.25) is 5.91 Å². The molecule has 0 N–H and O–H groups in total. The summed E-state index contributed by atoms with van der Waals surface area (Å²) in [6.45, 7) is 1.65. The molecule has 0 bridgehead atoms. The van der Waals surface area contributed by atoms with Crippen molar-refractivity contribution in [3.05, 3.63) is 90.5 Å². The van der Waals surface area contributed by atoms with Crippen LogP contribution >= 0.6 is 11.8 Å². The Hall–Kier alpha value is -2.56. The second-order valence-corrected chi connectivity index (χ2v) is 8.36. The Kier molecular flexibility index (Phi) is 7.91. The summed E-state index contributed by atoms with van der Waals surface area (Å²) in [7, 11) is 4.13. The standard InChI is InChI=1S/C25H28N2OS/c1-26(2)18-11-19-27(25(28)20-21-12-5-3-6-13-21)23-16-9-10-17-24(23)29-22-14-7-4-8-15-22/h3-10,12-17H,11,18-20H2,1-2H3. The van der Waals surface area contributed by atoms with E-state index in [9.17, 15) is 4.79 Å². The summed E-state index contributed by atoms with van der Waals surface area (Å²) in [6, 6.07) is 28.5. The van der Waals surface area contributed by atoms with Crippen LogP contribution in [0.5, 0.6) is 0 Å². The minimum Gasteiger partial charge on any atom is -0.311 e. The van der Waals surface area contributed by atoms with Crippen molar-refractivity contribution >= 4 is 23.4 Å². The number of para-hydroxylation sites is 1. The van der Waals surface area contributed by atoms with Crippen molar-refractivity contribution in [2.45, 2.75) is 22.6 Å². The lowest BCUT2D eigenvalue weighted by Gasteiger charge is -2.26. The van der Waals surface area contributed by atoms with Crippen molar-refractivity contribution in [3.63, 3.8) is 0 Å². The third kappa shape index (κ3) is 6.48. The van der Waals surface area contributed by atoms with Gasteiger partial charge >= 0.3 is 0 Å². The largest absolute Gasteiger partial charge is 0.311 e. The zero-order valence-electron chi connectivity index (χ0n) is 17.1. The molecule has 4 heteroatoms. The molecule has 29 heavy (non-hydrogen) atoms. The van der Waals surface area contributed by atoms with Gasteiger partial charge in [-0.3, -0.25) is 4.79 Å². The highest BCUT2D eigenvalue weighted by Gasteiger charge is 2.19. The minimum absolute atomic E-state index is 0.135. The fourth-order valence-corrected chi connectivity index (χ4v) is 4.15. The predicted octanol–water partition coefficient (Wildman–Crippen LogP) is 5.37. The van der Waals surface area contributed by atoms with Crippen LogP contribution in [0.2, 0.25) is 0 Å². The maximum absolute atomic E-state index is 13.3. The van der Waals surface area contributed by atoms with Gasteiger partial charge in [-0.15, -0.1) is 0 Å². The molecular weight excluding hydrogens is 376 g/mol. The minimum atomic E-state index is 0.135. The van der Waals surface area contributed by atoms with E-state index in [0.717, 1.165) is 29.1 Å². The van der Waals surface area contributed by atoms with E-state index in [1.54, 1.807) is 11.8 Å². The zero-order valence-corrected chi connectivity index (χ0v) is 17.9. The van der Waals surface area contributed by atoms with Crippen LogP contribution in [-0.4, -0.2) is 38.0 Å². The molecule has 1 amide bonds. The van der Waals surface area contributed by atoms with Crippen molar-refractivity contribution in [3.8, 4) is 0 Å². The Morgan fingerprint density at radius 3 is 2.10 bits per heavy atom. The molecule has 0 spiro atoms. The van der Waals surface area contributed by atoms with Gasteiger partial charge in [-0.05, 0) is 56.9 Å². The van der Waals surface area contributed by atoms with Crippen LogP contribution in [0.25, 0.3) is 0 Å². The smallest absolute Gasteiger partial charge is 0.231 e. The average molecular weight is 405 g/mol. The molecule has 0 aromatic heterocycles. The van der Waals surface area contributed by atoms with Crippen LogP contribution in [-0.2, 0) is 11.2 Å². The van der Waals surface area contributed by atoms with E-state index in [-0.39, 0.29) is 5.91 Å². The van der Waals surface area contributed by atoms with Crippen LogP contribution in [0.1, 0.15) is 12.0 Å². The quantitative estimate of drug-likeness (QED) is 0.479. The topological polar surface area (TPSA) is 23.6 Å². The molecule has 0 radical (unpaired) electrons. The molecule has 3 rings (SSSR count). The maximum atomic E-state index is 13.3. The Morgan fingerprint density at radius 2 is 1.41 bits per heavy atom. The van der Waals surface area contributed by atoms with Gasteiger partial charge in [-0.1, -0.05) is 72.4 Å². The number of anilines is 1. The first-order valence-corrected chi connectivity index (χ1v) is 10.8. The van der Waals surface area contributed by atoms with Gasteiger partial charge in [-0.2, -0.15) is 0 Å². The molecule has 0 fully saturated rings. The number of nitrogens with zero attached hydrogens (tertiary/aromatic N) is 2. The first-order valence-electron chi connectivity index (χ1n) is 9.94. The summed E-state index contributed by atoms with van der Waals surface area (Å²) in [5, 5.41) is 0. The normalized spacial score (nSPS) is 10.9. The number of hydrogen-bond donors (Lipinski definition) is 0. The maximum Gasteiger partial charge on any atom is 0.231 e. The van der Waals surface area contributed by atoms with Crippen LogP contribution in [0.15, 0.2) is 94.7 Å². The first kappa shape index (κ1) is 21.2. The molecule has 0 aliphatic heterocycles. The number of benzene rings is 3. The van der Waals surface area contributed by atoms with E-state index in [1.807, 2.05) is 65.6 Å². The Balaban J connectivity index is 1.85. The average Bonchev–Trinajstić information content (AvgIpc) is 2.73. The summed E-state index contributed by atoms with van der Waals surface area (Å²) in [6.07, 6.45) is 1.34. The van der Waals surface area contributed by atoms with E-state index < -0.39 is 0 Å². The van der Waals surface area contributed by atoms with Gasteiger partial charge in [-0.25, -0.2) is 0 Å². The molecule has 0 aliphatic rings. The summed E-state index contributed by atoms with van der Waals surface area (Å²) in [5.74, 6) is 0.135. The number of hydrogen-bond acceptors (Lipinski definition) is 3. The summed E-state index contributed by atoms with van der Waals surface area (Å²) >= 11 is 1.70. The third-order valence-electron chi connectivity index (χ3n) is 4.61. The van der Waals surface area contributed by atoms with Gasteiger partial charge < -0.3 is 9.80 Å². The molecule has 0 unspecified atom stereocenters. The van der Waals surface area contributed by atoms with Crippen molar-refractivity contribution in [2.24, 2.45) is 0 Å². The van der Waals surface area contributed by atoms with E-state index in [4.69, 9.17) is 0 Å². The second kappa shape index (κ2) is 10.8. The van der Waals surface area contributed by atoms with Crippen LogP contribution in [0, 0.1) is 0 Å². The molecular formula is C25H28N2OS. The van der Waals surface area contributed by atoms with Crippen LogP contribution < -0.4 is 4.90 Å². The second-order valence-electron chi connectivity index (χ2n) is 7.25. The predicted molar refractivity (Wildman–Crippen MR) is 123 cm³/mol. The van der Waals surface area contributed by atoms with Crippen LogP contribution in [0.3, 0.4) is 0 Å². The summed E-state index contributed by atoms with van der Waals surface area (Å²) < 4.78 is 0. The van der Waals surface area contributed by atoms with E-state index in [0.29, 0.717) is 13.0 Å². The van der Waals surface area contributed by atoms with Gasteiger partial charge in [0.05, 0.1) is 12.1 Å². The highest BCUT2D eigenvalue weighted by Crippen LogP contribution is 2.35. The molecule has 0 saturated carbocycles. The van der Waals surface area contributed by atoms with Crippen molar-refractivity contribution < 1.29 is 4.79 Å². The molecule has 0 heterocycles. The van der Waals surface area contributed by atoms with Gasteiger partial charge in [0.25, 0.3) is 0 Å². The van der Waals surface area contributed by atoms with Crippen LogP contribution in [0.4, 0.5) is 5.69 Å². The van der Waals surface area contributed by atoms with E-state index in [2.05, 4.69) is 43.3 Å². The Bertz CT molecular complexity index is 897. The molecule has 3 aromatic carbocycles. The fraction of sp³-hybridized carbons (Fsp3) is 0.240. The molecule has 150 valence electrons. The van der Waals surface area contributed by atoms with Gasteiger partial charge in [0.15, 0.2) is 0 Å². The zero-order chi connectivity index (χ0) is 20.5. The summed E-state index contributed by atoms with van der Waals surface area (Å²) in [5.41, 5.74) is 2.03. The molecule has 3 nitrogen and oxygen atoms in total. The van der Waals surface area contributed by atoms with Crippen molar-refractivity contribution in [1.29, 1.82) is 0 Å². The molecule has 0 saturated heterocycles. The SMILES string of the molecule is CN(C)CCCN(C(=O)Cc1ccccc1)c1ccccc1Sc1ccccc1. The van der Waals surface area contributed by atoms with E-state index >= 15 is 0 Å². The number of carbonyl (C=O) groups excluding carboxylic acids is 1. The Morgan fingerprint density at radius 1 is 0.793 bits per heavy atom. The fourth-order valence-electron chi connectivity index (χ4n) is 3.17. The number of amides is 1. The van der Waals surface area contributed by atoms with Crippen molar-refractivity contribution in [1.82, 2.24) is 4.90 Å². The molecule has 0 aliphatic carbocycles. The monoisotopic (exact) mass is 404 g/mol. The highest BCUT2D eigenvalue weighted by molar-refractivity contribution is 7.99. The lowest BCUT2D eigenvalue weighted by molar-refractivity contribution is -0.118. The molecule has 3 aromatic rings. The summed E-state index contributed by atoms with van der Waals surface area (Å²) in [4.78, 5) is 19.7. The molecule has 0 atom stereocenters. The highest BCUT2D eigenvalue weighted by atomic mass is 32.2. The van der Waals surface area contributed by atoms with Gasteiger partial charge in [0.1, 0.15) is 0 Å². The lowest BCUT2D eigenvalue weighted by atomic mass is 10.1. The number of rotatable bonds is 9. The Labute approximate surface area is 178 Å². The van der Waals surface area contributed by atoms with Gasteiger partial charge in [0, 0.05) is 16.3 Å². The first-order chi connectivity index (χ1) is 14.1. The van der Waals surface area contributed by atoms with Crippen molar-refractivity contribution in [2.75, 3.05) is 32.1 Å². The van der Waals surface area contributed by atoms with E-state index in [1.165, 1.54) is 4.90 Å².